The number of hydrogen-bond donors (Lipinski definition) is 0. The summed E-state index contributed by atoms with van der Waals surface area (Å²) in [6.07, 6.45) is 0.827. The van der Waals surface area contributed by atoms with E-state index in [1.807, 2.05) is 0 Å². The molecule has 0 fully saturated rings. The van der Waals surface area contributed by atoms with Crippen LogP contribution in [-0.4, -0.2) is 23.8 Å². The van der Waals surface area contributed by atoms with E-state index in [0.717, 1.165) is 34.7 Å². The van der Waals surface area contributed by atoms with Crippen LogP contribution in [0, 0.1) is 13.8 Å². The zero-order valence-electron chi connectivity index (χ0n) is 15.7. The van der Waals surface area contributed by atoms with Gasteiger partial charge in [-0.25, -0.2) is 4.99 Å². The van der Waals surface area contributed by atoms with Crippen molar-refractivity contribution in [3.63, 3.8) is 0 Å². The second kappa shape index (κ2) is 6.27. The van der Waals surface area contributed by atoms with Gasteiger partial charge in [0, 0.05) is 12.0 Å². The van der Waals surface area contributed by atoms with Crippen molar-refractivity contribution in [3.05, 3.63) is 70.3 Å². The van der Waals surface area contributed by atoms with Crippen molar-refractivity contribution in [2.24, 2.45) is 10.1 Å². The lowest BCUT2D eigenvalue weighted by Crippen LogP contribution is -2.19. The predicted octanol–water partition coefficient (Wildman–Crippen LogP) is 4.72. The highest BCUT2D eigenvalue weighted by Gasteiger charge is 2.30. The van der Waals surface area contributed by atoms with Gasteiger partial charge in [-0.05, 0) is 49.9 Å². The minimum absolute atomic E-state index is 0.0382. The summed E-state index contributed by atoms with van der Waals surface area (Å²) in [6.45, 7) is 8.89. The Morgan fingerprint density at radius 3 is 2.31 bits per heavy atom. The molecule has 0 amide bonds. The molecule has 1 unspecified atom stereocenters. The summed E-state index contributed by atoms with van der Waals surface area (Å²) in [5.74, 6) is 0.755. The second-order valence-electron chi connectivity index (χ2n) is 7.72. The topological polar surface area (TPSA) is 43.2 Å². The van der Waals surface area contributed by atoms with Gasteiger partial charge in [-0.1, -0.05) is 47.6 Å². The number of nitrogens with zero attached hydrogens (tertiary/aromatic N) is 2. The lowest BCUT2D eigenvalue weighted by Gasteiger charge is -2.13. The summed E-state index contributed by atoms with van der Waals surface area (Å²) >= 11 is 0. The molecule has 2 aromatic carbocycles. The molecule has 0 aromatic heterocycles. The lowest BCUT2D eigenvalue weighted by molar-refractivity contribution is 0.0123. The van der Waals surface area contributed by atoms with E-state index in [2.05, 4.69) is 75.3 Å². The molecule has 134 valence electrons. The SMILES string of the molecule is Cc1cccc(C)c1C1=NC(c2ccc(C3=NOC(C)(C)C3)cc2)CO1. The fourth-order valence-corrected chi connectivity index (χ4v) is 3.53. The Bertz CT molecular complexity index is 875. The molecule has 2 aromatic rings. The second-order valence-corrected chi connectivity index (χ2v) is 7.72. The van der Waals surface area contributed by atoms with E-state index in [0.29, 0.717) is 6.61 Å². The Morgan fingerprint density at radius 1 is 1.00 bits per heavy atom. The monoisotopic (exact) mass is 348 g/mol. The third kappa shape index (κ3) is 3.12. The summed E-state index contributed by atoms with van der Waals surface area (Å²) in [6, 6.07) is 14.7. The van der Waals surface area contributed by atoms with Gasteiger partial charge in [-0.3, -0.25) is 0 Å². The lowest BCUT2D eigenvalue weighted by atomic mass is 9.96. The van der Waals surface area contributed by atoms with Crippen molar-refractivity contribution in [1.29, 1.82) is 0 Å². The van der Waals surface area contributed by atoms with Crippen molar-refractivity contribution in [2.75, 3.05) is 6.61 Å². The number of hydrogen-bond acceptors (Lipinski definition) is 4. The molecule has 0 N–H and O–H groups in total. The number of aryl methyl sites for hydroxylation is 2. The van der Waals surface area contributed by atoms with E-state index in [9.17, 15) is 0 Å². The first-order valence-electron chi connectivity index (χ1n) is 9.05. The zero-order valence-corrected chi connectivity index (χ0v) is 15.7. The first-order chi connectivity index (χ1) is 12.4. The van der Waals surface area contributed by atoms with Gasteiger partial charge in [0.15, 0.2) is 0 Å². The quantitative estimate of drug-likeness (QED) is 0.805. The standard InChI is InChI=1S/C22H24N2O2/c1-14-6-5-7-15(2)20(14)21-23-19(13-25-21)17-10-8-16(9-11-17)18-12-22(3,4)26-24-18/h5-11,19H,12-13H2,1-4H3. The van der Waals surface area contributed by atoms with E-state index in [1.165, 1.54) is 11.1 Å². The summed E-state index contributed by atoms with van der Waals surface area (Å²) in [5.41, 5.74) is 6.57. The molecule has 4 rings (SSSR count). The molecule has 1 atom stereocenters. The normalized spacial score (nSPS) is 21.0. The predicted molar refractivity (Wildman–Crippen MR) is 104 cm³/mol. The van der Waals surface area contributed by atoms with Gasteiger partial charge < -0.3 is 9.57 Å². The van der Waals surface area contributed by atoms with Gasteiger partial charge >= 0.3 is 0 Å². The first-order valence-corrected chi connectivity index (χ1v) is 9.05. The molecule has 26 heavy (non-hydrogen) atoms. The minimum atomic E-state index is -0.210. The molecule has 0 bridgehead atoms. The Balaban J connectivity index is 1.55. The Labute approximate surface area is 154 Å². The van der Waals surface area contributed by atoms with Crippen LogP contribution in [0.1, 0.15) is 54.1 Å². The van der Waals surface area contributed by atoms with Crippen molar-refractivity contribution in [2.45, 2.75) is 45.8 Å². The molecule has 4 heteroatoms. The third-order valence-corrected chi connectivity index (χ3v) is 4.97. The molecule has 4 nitrogen and oxygen atoms in total. The summed E-state index contributed by atoms with van der Waals surface area (Å²) < 4.78 is 5.93. The highest BCUT2D eigenvalue weighted by molar-refractivity contribution is 6.01. The van der Waals surface area contributed by atoms with E-state index in [4.69, 9.17) is 14.6 Å². The number of ether oxygens (including phenoxy) is 1. The van der Waals surface area contributed by atoms with Crippen LogP contribution in [0.5, 0.6) is 0 Å². The third-order valence-electron chi connectivity index (χ3n) is 4.97. The van der Waals surface area contributed by atoms with E-state index >= 15 is 0 Å². The van der Waals surface area contributed by atoms with Crippen LogP contribution in [0.15, 0.2) is 52.6 Å². The minimum Gasteiger partial charge on any atom is -0.475 e. The highest BCUT2D eigenvalue weighted by atomic mass is 16.7. The summed E-state index contributed by atoms with van der Waals surface area (Å²) in [5, 5.41) is 4.22. The van der Waals surface area contributed by atoms with Crippen molar-refractivity contribution < 1.29 is 9.57 Å². The average molecular weight is 348 g/mol. The van der Waals surface area contributed by atoms with E-state index in [-0.39, 0.29) is 11.6 Å². The van der Waals surface area contributed by atoms with Gasteiger partial charge in [-0.2, -0.15) is 0 Å². The number of rotatable bonds is 3. The largest absolute Gasteiger partial charge is 0.475 e. The van der Waals surface area contributed by atoms with E-state index in [1.54, 1.807) is 0 Å². The van der Waals surface area contributed by atoms with Gasteiger partial charge in [-0.15, -0.1) is 0 Å². The Kier molecular flexibility index (Phi) is 4.06. The summed E-state index contributed by atoms with van der Waals surface area (Å²) in [4.78, 5) is 10.3. The maximum absolute atomic E-state index is 5.93. The molecule has 0 saturated carbocycles. The zero-order chi connectivity index (χ0) is 18.3. The highest BCUT2D eigenvalue weighted by Crippen LogP contribution is 2.29. The van der Waals surface area contributed by atoms with Gasteiger partial charge in [0.2, 0.25) is 5.90 Å². The van der Waals surface area contributed by atoms with Crippen LogP contribution < -0.4 is 0 Å². The van der Waals surface area contributed by atoms with Crippen LogP contribution in [0.4, 0.5) is 0 Å². The number of benzene rings is 2. The maximum Gasteiger partial charge on any atom is 0.217 e. The van der Waals surface area contributed by atoms with Crippen LogP contribution in [0.25, 0.3) is 0 Å². The number of aliphatic imine (C=N–C) groups is 1. The maximum atomic E-state index is 5.93. The molecular formula is C22H24N2O2. The average Bonchev–Trinajstić information content (AvgIpc) is 3.22. The smallest absolute Gasteiger partial charge is 0.217 e. The van der Waals surface area contributed by atoms with Crippen LogP contribution in [-0.2, 0) is 9.57 Å². The van der Waals surface area contributed by atoms with Crippen molar-refractivity contribution in [1.82, 2.24) is 0 Å². The molecule has 0 radical (unpaired) electrons. The summed E-state index contributed by atoms with van der Waals surface area (Å²) in [7, 11) is 0. The first kappa shape index (κ1) is 16.8. The molecule has 2 aliphatic heterocycles. The fraction of sp³-hybridized carbons (Fsp3) is 0.364. The van der Waals surface area contributed by atoms with Crippen LogP contribution in [0.3, 0.4) is 0 Å². The molecule has 0 saturated heterocycles. The van der Waals surface area contributed by atoms with Crippen LogP contribution >= 0.6 is 0 Å². The van der Waals surface area contributed by atoms with E-state index < -0.39 is 0 Å². The molecule has 0 aliphatic carbocycles. The molecule has 0 spiro atoms. The Hall–Kier alpha value is -2.62. The van der Waals surface area contributed by atoms with Crippen molar-refractivity contribution >= 4 is 11.6 Å². The van der Waals surface area contributed by atoms with Gasteiger partial charge in [0.1, 0.15) is 18.2 Å². The molecular weight excluding hydrogens is 324 g/mol. The molecule has 2 heterocycles. The van der Waals surface area contributed by atoms with Gasteiger partial charge in [0.05, 0.1) is 5.71 Å². The Morgan fingerprint density at radius 2 is 1.69 bits per heavy atom. The van der Waals surface area contributed by atoms with Gasteiger partial charge in [0.25, 0.3) is 0 Å². The fourth-order valence-electron chi connectivity index (χ4n) is 3.53. The number of oxime groups is 1. The molecule has 2 aliphatic rings. The van der Waals surface area contributed by atoms with Crippen molar-refractivity contribution in [3.8, 4) is 0 Å². The van der Waals surface area contributed by atoms with Crippen LogP contribution in [0.2, 0.25) is 0 Å².